The van der Waals surface area contributed by atoms with Crippen molar-refractivity contribution in [2.24, 2.45) is 11.0 Å². The van der Waals surface area contributed by atoms with Gasteiger partial charge in [0.05, 0.1) is 0 Å². The summed E-state index contributed by atoms with van der Waals surface area (Å²) in [5.74, 6) is 0.183. The fraction of sp³-hybridized carbons (Fsp3) is 0.500. The van der Waals surface area contributed by atoms with Gasteiger partial charge in [-0.2, -0.15) is 5.10 Å². The Morgan fingerprint density at radius 2 is 1.91 bits per heavy atom. The molecule has 1 atom stereocenters. The molecule has 124 valence electrons. The number of amides is 2. The molecule has 1 aromatic carbocycles. The summed E-state index contributed by atoms with van der Waals surface area (Å²) >= 11 is 0. The predicted molar refractivity (Wildman–Crippen MR) is 90.7 cm³/mol. The van der Waals surface area contributed by atoms with Crippen LogP contribution in [0.4, 0.5) is 0 Å². The molecule has 1 aliphatic carbocycles. The summed E-state index contributed by atoms with van der Waals surface area (Å²) in [4.78, 5) is 23.5. The number of nitrogens with zero attached hydrogens (tertiary/aromatic N) is 1. The molecule has 5 nitrogen and oxygen atoms in total. The Morgan fingerprint density at radius 1 is 1.17 bits per heavy atom. The third kappa shape index (κ3) is 5.85. The van der Waals surface area contributed by atoms with Gasteiger partial charge in [0.2, 0.25) is 11.8 Å². The molecular formula is C18H25N3O2. The van der Waals surface area contributed by atoms with Crippen molar-refractivity contribution in [2.75, 3.05) is 0 Å². The SMILES string of the molecule is CCC1CCC/C1=N\NC(=O)CCC(=O)NCc1ccccc1. The van der Waals surface area contributed by atoms with Crippen LogP contribution in [0.1, 0.15) is 51.0 Å². The van der Waals surface area contributed by atoms with Gasteiger partial charge in [-0.3, -0.25) is 9.59 Å². The van der Waals surface area contributed by atoms with E-state index in [-0.39, 0.29) is 24.7 Å². The van der Waals surface area contributed by atoms with E-state index in [4.69, 9.17) is 0 Å². The summed E-state index contributed by atoms with van der Waals surface area (Å²) < 4.78 is 0. The molecule has 0 heterocycles. The maximum atomic E-state index is 11.8. The molecule has 2 amide bonds. The van der Waals surface area contributed by atoms with Crippen molar-refractivity contribution >= 4 is 17.5 Å². The first-order chi connectivity index (χ1) is 11.2. The molecule has 0 bridgehead atoms. The minimum atomic E-state index is -0.200. The Bertz CT molecular complexity index is 555. The zero-order valence-electron chi connectivity index (χ0n) is 13.7. The minimum Gasteiger partial charge on any atom is -0.352 e. The lowest BCUT2D eigenvalue weighted by atomic mass is 10.0. The molecule has 0 radical (unpaired) electrons. The van der Waals surface area contributed by atoms with Crippen molar-refractivity contribution in [1.29, 1.82) is 0 Å². The summed E-state index contributed by atoms with van der Waals surface area (Å²) in [6.45, 7) is 2.63. The van der Waals surface area contributed by atoms with Crippen LogP contribution in [0.3, 0.4) is 0 Å². The van der Waals surface area contributed by atoms with Crippen LogP contribution in [0.25, 0.3) is 0 Å². The standard InChI is InChI=1S/C18H25N3O2/c1-2-15-9-6-10-16(15)20-21-18(23)12-11-17(22)19-13-14-7-4-3-5-8-14/h3-5,7-8,15H,2,6,9-13H2,1H3,(H,19,22)(H,21,23)/b20-16+. The monoisotopic (exact) mass is 315 g/mol. The van der Waals surface area contributed by atoms with E-state index >= 15 is 0 Å². The van der Waals surface area contributed by atoms with Crippen LogP contribution in [0.15, 0.2) is 35.4 Å². The van der Waals surface area contributed by atoms with Crippen molar-refractivity contribution in [3.8, 4) is 0 Å². The maximum Gasteiger partial charge on any atom is 0.240 e. The van der Waals surface area contributed by atoms with E-state index in [1.807, 2.05) is 30.3 Å². The van der Waals surface area contributed by atoms with Gasteiger partial charge in [-0.25, -0.2) is 5.43 Å². The summed E-state index contributed by atoms with van der Waals surface area (Å²) in [7, 11) is 0. The lowest BCUT2D eigenvalue weighted by Crippen LogP contribution is -2.26. The molecule has 1 unspecified atom stereocenters. The second kappa shape index (κ2) is 9.08. The fourth-order valence-corrected chi connectivity index (χ4v) is 2.79. The van der Waals surface area contributed by atoms with Gasteiger partial charge in [0.15, 0.2) is 0 Å². The average Bonchev–Trinajstić information content (AvgIpc) is 3.04. The van der Waals surface area contributed by atoms with Gasteiger partial charge < -0.3 is 5.32 Å². The molecular weight excluding hydrogens is 290 g/mol. The molecule has 0 saturated heterocycles. The van der Waals surface area contributed by atoms with E-state index in [0.717, 1.165) is 37.0 Å². The Morgan fingerprint density at radius 3 is 2.65 bits per heavy atom. The van der Waals surface area contributed by atoms with Gasteiger partial charge in [0.25, 0.3) is 0 Å². The van der Waals surface area contributed by atoms with E-state index in [9.17, 15) is 9.59 Å². The quantitative estimate of drug-likeness (QED) is 0.760. The summed E-state index contributed by atoms with van der Waals surface area (Å²) in [5.41, 5.74) is 4.72. The van der Waals surface area contributed by atoms with Crippen LogP contribution in [0, 0.1) is 5.92 Å². The highest BCUT2D eigenvalue weighted by atomic mass is 16.2. The number of hydrazone groups is 1. The highest BCUT2D eigenvalue weighted by Gasteiger charge is 2.20. The van der Waals surface area contributed by atoms with E-state index in [0.29, 0.717) is 12.5 Å². The third-order valence-corrected chi connectivity index (χ3v) is 4.19. The molecule has 0 spiro atoms. The predicted octanol–water partition coefficient (Wildman–Crippen LogP) is 2.77. The Kier molecular flexibility index (Phi) is 6.78. The first kappa shape index (κ1) is 17.2. The number of benzene rings is 1. The molecule has 0 aliphatic heterocycles. The molecule has 0 aromatic heterocycles. The van der Waals surface area contributed by atoms with Gasteiger partial charge in [0, 0.05) is 25.1 Å². The molecule has 1 aliphatic rings. The first-order valence-corrected chi connectivity index (χ1v) is 8.35. The van der Waals surface area contributed by atoms with Crippen molar-refractivity contribution in [3.05, 3.63) is 35.9 Å². The lowest BCUT2D eigenvalue weighted by molar-refractivity contribution is -0.126. The Hall–Kier alpha value is -2.17. The second-order valence-corrected chi connectivity index (χ2v) is 5.90. The highest BCUT2D eigenvalue weighted by molar-refractivity contribution is 5.90. The number of rotatable bonds is 7. The molecule has 5 heteroatoms. The van der Waals surface area contributed by atoms with Crippen LogP contribution in [0.5, 0.6) is 0 Å². The van der Waals surface area contributed by atoms with Crippen LogP contribution in [-0.4, -0.2) is 17.5 Å². The number of hydrogen-bond acceptors (Lipinski definition) is 3. The zero-order chi connectivity index (χ0) is 16.5. The van der Waals surface area contributed by atoms with Gasteiger partial charge >= 0.3 is 0 Å². The largest absolute Gasteiger partial charge is 0.352 e. The van der Waals surface area contributed by atoms with E-state index < -0.39 is 0 Å². The van der Waals surface area contributed by atoms with Gasteiger partial charge in [0.1, 0.15) is 0 Å². The number of carbonyl (C=O) groups is 2. The molecule has 1 fully saturated rings. The van der Waals surface area contributed by atoms with Crippen LogP contribution in [-0.2, 0) is 16.1 Å². The topological polar surface area (TPSA) is 70.6 Å². The van der Waals surface area contributed by atoms with E-state index in [2.05, 4.69) is 22.8 Å². The smallest absolute Gasteiger partial charge is 0.240 e. The van der Waals surface area contributed by atoms with Crippen LogP contribution in [0.2, 0.25) is 0 Å². The van der Waals surface area contributed by atoms with Gasteiger partial charge in [-0.15, -0.1) is 0 Å². The molecule has 1 aromatic rings. The van der Waals surface area contributed by atoms with Crippen molar-refractivity contribution < 1.29 is 9.59 Å². The maximum absolute atomic E-state index is 11.8. The summed E-state index contributed by atoms with van der Waals surface area (Å²) in [6, 6.07) is 9.70. The van der Waals surface area contributed by atoms with Gasteiger partial charge in [-0.05, 0) is 37.2 Å². The first-order valence-electron chi connectivity index (χ1n) is 8.35. The van der Waals surface area contributed by atoms with E-state index in [1.165, 1.54) is 0 Å². The van der Waals surface area contributed by atoms with Crippen molar-refractivity contribution in [2.45, 2.75) is 52.0 Å². The molecule has 2 N–H and O–H groups in total. The molecule has 23 heavy (non-hydrogen) atoms. The molecule has 1 saturated carbocycles. The molecule has 2 rings (SSSR count). The minimum absolute atomic E-state index is 0.121. The normalized spacial score (nSPS) is 18.8. The summed E-state index contributed by atoms with van der Waals surface area (Å²) in [6.07, 6.45) is 4.68. The van der Waals surface area contributed by atoms with Crippen LogP contribution < -0.4 is 10.7 Å². The lowest BCUT2D eigenvalue weighted by Gasteiger charge is -2.08. The van der Waals surface area contributed by atoms with Gasteiger partial charge in [-0.1, -0.05) is 37.3 Å². The average molecular weight is 315 g/mol. The van der Waals surface area contributed by atoms with Crippen molar-refractivity contribution in [1.82, 2.24) is 10.7 Å². The Balaban J connectivity index is 1.66. The zero-order valence-corrected chi connectivity index (χ0v) is 13.7. The summed E-state index contributed by atoms with van der Waals surface area (Å²) in [5, 5.41) is 7.05. The number of hydrogen-bond donors (Lipinski definition) is 2. The van der Waals surface area contributed by atoms with E-state index in [1.54, 1.807) is 0 Å². The Labute approximate surface area is 137 Å². The fourth-order valence-electron chi connectivity index (χ4n) is 2.79. The number of carbonyl (C=O) groups excluding carboxylic acids is 2. The highest BCUT2D eigenvalue weighted by Crippen LogP contribution is 2.24. The van der Waals surface area contributed by atoms with Crippen LogP contribution >= 0.6 is 0 Å². The van der Waals surface area contributed by atoms with Crippen molar-refractivity contribution in [3.63, 3.8) is 0 Å². The third-order valence-electron chi connectivity index (χ3n) is 4.19. The number of nitrogens with one attached hydrogen (secondary N) is 2. The second-order valence-electron chi connectivity index (χ2n) is 5.90.